The molecule has 1 amide bonds. The molecule has 2 heterocycles. The third kappa shape index (κ3) is 3.34. The number of benzene rings is 1. The number of carbonyl (C=O) groups excluding carboxylic acids is 1. The van der Waals surface area contributed by atoms with E-state index in [0.717, 1.165) is 0 Å². The van der Waals surface area contributed by atoms with Gasteiger partial charge in [-0.05, 0) is 42.2 Å². The minimum absolute atomic E-state index is 0.0362. The van der Waals surface area contributed by atoms with Gasteiger partial charge in [0.2, 0.25) is 10.0 Å². The van der Waals surface area contributed by atoms with Crippen molar-refractivity contribution >= 4 is 27.1 Å². The molecule has 0 radical (unpaired) electrons. The summed E-state index contributed by atoms with van der Waals surface area (Å²) >= 11 is 0. The number of hydrogen-bond acceptors (Lipinski definition) is 7. The first kappa shape index (κ1) is 16.7. The van der Waals surface area contributed by atoms with E-state index < -0.39 is 10.0 Å². The zero-order chi connectivity index (χ0) is 17.2. The molecule has 1 aromatic carbocycles. The Hall–Kier alpha value is -2.20. The van der Waals surface area contributed by atoms with Crippen LogP contribution in [-0.2, 0) is 14.8 Å². The molecule has 1 aliphatic rings. The smallest absolute Gasteiger partial charge is 0.409 e. The van der Waals surface area contributed by atoms with Gasteiger partial charge in [-0.25, -0.2) is 22.6 Å². The molecular weight excluding hydrogens is 336 g/mol. The third-order valence-corrected chi connectivity index (χ3v) is 5.43. The molecule has 0 spiro atoms. The zero-order valence-corrected chi connectivity index (χ0v) is 14.0. The van der Waals surface area contributed by atoms with Gasteiger partial charge in [-0.15, -0.1) is 0 Å². The van der Waals surface area contributed by atoms with Crippen molar-refractivity contribution < 1.29 is 22.6 Å². The Balaban J connectivity index is 1.68. The summed E-state index contributed by atoms with van der Waals surface area (Å²) < 4.78 is 37.4. The minimum Gasteiger partial charge on any atom is -0.450 e. The number of likely N-dealkylation sites (tertiary alicyclic amines) is 1. The number of carbonyl (C=O) groups is 1. The van der Waals surface area contributed by atoms with E-state index in [1.165, 1.54) is 6.07 Å². The fraction of sp³-hybridized carbons (Fsp3) is 0.500. The molecule has 9 nitrogen and oxygen atoms in total. The van der Waals surface area contributed by atoms with E-state index >= 15 is 0 Å². The van der Waals surface area contributed by atoms with Crippen molar-refractivity contribution in [3.05, 3.63) is 18.2 Å². The van der Waals surface area contributed by atoms with E-state index in [1.807, 2.05) is 0 Å². The van der Waals surface area contributed by atoms with Gasteiger partial charge in [0.25, 0.3) is 0 Å². The average Bonchev–Trinajstić information content (AvgIpc) is 3.03. The summed E-state index contributed by atoms with van der Waals surface area (Å²) in [7, 11) is -3.75. The Morgan fingerprint density at radius 3 is 2.83 bits per heavy atom. The largest absolute Gasteiger partial charge is 0.450 e. The molecule has 130 valence electrons. The summed E-state index contributed by atoms with van der Waals surface area (Å²) in [6.07, 6.45) is 0.674. The van der Waals surface area contributed by atoms with Crippen LogP contribution in [0.15, 0.2) is 27.7 Å². The van der Waals surface area contributed by atoms with Crippen LogP contribution < -0.4 is 4.72 Å². The summed E-state index contributed by atoms with van der Waals surface area (Å²) in [6.45, 7) is 2.96. The standard InChI is InChI=1S/C14H18N4O5S/c1-2-22-14(19)18-8-6-10(7-9-18)17-24(20,21)12-5-3-4-11-13(12)16-23-15-11/h3-5,10,17H,2,6-9H2,1H3. The SMILES string of the molecule is CCOC(=O)N1CCC(NS(=O)(=O)c2cccc3nonc23)CC1. The second-order valence-electron chi connectivity index (χ2n) is 5.47. The highest BCUT2D eigenvalue weighted by Crippen LogP contribution is 2.21. The first-order valence-corrected chi connectivity index (χ1v) is 9.15. The van der Waals surface area contributed by atoms with Gasteiger partial charge in [0, 0.05) is 19.1 Å². The van der Waals surface area contributed by atoms with Crippen molar-refractivity contribution in [2.45, 2.75) is 30.7 Å². The first-order valence-electron chi connectivity index (χ1n) is 7.66. The Morgan fingerprint density at radius 1 is 1.38 bits per heavy atom. The number of rotatable bonds is 4. The van der Waals surface area contributed by atoms with Crippen molar-refractivity contribution in [1.82, 2.24) is 19.9 Å². The molecule has 1 aliphatic heterocycles. The van der Waals surface area contributed by atoms with Gasteiger partial charge in [-0.1, -0.05) is 6.07 Å². The zero-order valence-electron chi connectivity index (χ0n) is 13.1. The van der Waals surface area contributed by atoms with Crippen LogP contribution in [0.3, 0.4) is 0 Å². The Labute approximate surface area is 139 Å². The second-order valence-corrected chi connectivity index (χ2v) is 7.15. The van der Waals surface area contributed by atoms with Crippen LogP contribution in [-0.4, -0.2) is 55.5 Å². The van der Waals surface area contributed by atoms with Gasteiger partial charge in [0.15, 0.2) is 5.52 Å². The number of nitrogens with zero attached hydrogens (tertiary/aromatic N) is 3. The van der Waals surface area contributed by atoms with Gasteiger partial charge < -0.3 is 9.64 Å². The normalized spacial score (nSPS) is 16.5. The van der Waals surface area contributed by atoms with E-state index in [1.54, 1.807) is 24.0 Å². The summed E-state index contributed by atoms with van der Waals surface area (Å²) in [5.41, 5.74) is 0.587. The van der Waals surface area contributed by atoms with Crippen LogP contribution in [0, 0.1) is 0 Å². The molecule has 0 atom stereocenters. The number of ether oxygens (including phenoxy) is 1. The summed E-state index contributed by atoms with van der Waals surface area (Å²) in [6, 6.07) is 4.42. The third-order valence-electron chi connectivity index (χ3n) is 3.88. The average molecular weight is 354 g/mol. The monoisotopic (exact) mass is 354 g/mol. The van der Waals surface area contributed by atoms with Crippen molar-refractivity contribution in [2.75, 3.05) is 19.7 Å². The minimum atomic E-state index is -3.75. The Bertz CT molecular complexity index is 827. The van der Waals surface area contributed by atoms with E-state index in [9.17, 15) is 13.2 Å². The topological polar surface area (TPSA) is 115 Å². The van der Waals surface area contributed by atoms with E-state index in [-0.39, 0.29) is 22.5 Å². The van der Waals surface area contributed by atoms with Crippen LogP contribution in [0.4, 0.5) is 4.79 Å². The molecule has 2 aromatic rings. The molecule has 24 heavy (non-hydrogen) atoms. The molecule has 10 heteroatoms. The summed E-state index contributed by atoms with van der Waals surface area (Å²) in [5, 5.41) is 7.31. The molecule has 0 aliphatic carbocycles. The number of nitrogens with one attached hydrogen (secondary N) is 1. The van der Waals surface area contributed by atoms with Crippen molar-refractivity contribution in [1.29, 1.82) is 0 Å². The number of hydrogen-bond donors (Lipinski definition) is 1. The molecule has 1 N–H and O–H groups in total. The van der Waals surface area contributed by atoms with Gasteiger partial charge in [0.05, 0.1) is 6.61 Å². The number of piperidine rings is 1. The molecule has 0 unspecified atom stereocenters. The molecule has 3 rings (SSSR count). The van der Waals surface area contributed by atoms with Crippen LogP contribution in [0.25, 0.3) is 11.0 Å². The van der Waals surface area contributed by atoms with E-state index in [0.29, 0.717) is 38.1 Å². The van der Waals surface area contributed by atoms with Gasteiger partial charge in [-0.3, -0.25) is 0 Å². The maximum absolute atomic E-state index is 12.6. The van der Waals surface area contributed by atoms with Gasteiger partial charge in [-0.2, -0.15) is 0 Å². The molecular formula is C14H18N4O5S. The molecule has 1 saturated heterocycles. The Morgan fingerprint density at radius 2 is 2.12 bits per heavy atom. The van der Waals surface area contributed by atoms with Crippen molar-refractivity contribution in [2.24, 2.45) is 0 Å². The molecule has 1 aromatic heterocycles. The fourth-order valence-electron chi connectivity index (χ4n) is 2.68. The molecule has 1 fully saturated rings. The van der Waals surface area contributed by atoms with Crippen molar-refractivity contribution in [3.8, 4) is 0 Å². The maximum atomic E-state index is 12.6. The number of fused-ring (bicyclic) bond motifs is 1. The van der Waals surface area contributed by atoms with Crippen LogP contribution >= 0.6 is 0 Å². The second kappa shape index (κ2) is 6.73. The lowest BCUT2D eigenvalue weighted by Crippen LogP contribution is -2.46. The van der Waals surface area contributed by atoms with E-state index in [2.05, 4.69) is 19.7 Å². The highest BCUT2D eigenvalue weighted by molar-refractivity contribution is 7.89. The molecule has 0 saturated carbocycles. The predicted molar refractivity (Wildman–Crippen MR) is 83.7 cm³/mol. The lowest BCUT2D eigenvalue weighted by atomic mass is 10.1. The van der Waals surface area contributed by atoms with E-state index in [4.69, 9.17) is 4.74 Å². The lowest BCUT2D eigenvalue weighted by Gasteiger charge is -2.31. The van der Waals surface area contributed by atoms with Crippen molar-refractivity contribution in [3.63, 3.8) is 0 Å². The predicted octanol–water partition coefficient (Wildman–Crippen LogP) is 1.12. The first-order chi connectivity index (χ1) is 11.5. The highest BCUT2D eigenvalue weighted by atomic mass is 32.2. The van der Waals surface area contributed by atoms with Gasteiger partial charge in [0.1, 0.15) is 10.4 Å². The Kier molecular flexibility index (Phi) is 4.67. The highest BCUT2D eigenvalue weighted by Gasteiger charge is 2.28. The fourth-order valence-corrected chi connectivity index (χ4v) is 4.13. The quantitative estimate of drug-likeness (QED) is 0.875. The maximum Gasteiger partial charge on any atom is 0.409 e. The van der Waals surface area contributed by atoms with Crippen LogP contribution in [0.2, 0.25) is 0 Å². The van der Waals surface area contributed by atoms with Crippen LogP contribution in [0.5, 0.6) is 0 Å². The summed E-state index contributed by atoms with van der Waals surface area (Å²) in [4.78, 5) is 13.3. The number of sulfonamides is 1. The number of aromatic nitrogens is 2. The molecule has 0 bridgehead atoms. The van der Waals surface area contributed by atoms with Gasteiger partial charge >= 0.3 is 6.09 Å². The summed E-state index contributed by atoms with van der Waals surface area (Å²) in [5.74, 6) is 0. The lowest BCUT2D eigenvalue weighted by molar-refractivity contribution is 0.0966. The van der Waals surface area contributed by atoms with Crippen LogP contribution in [0.1, 0.15) is 19.8 Å². The number of amides is 1.